The lowest BCUT2D eigenvalue weighted by atomic mass is 9.97. The summed E-state index contributed by atoms with van der Waals surface area (Å²) in [5, 5.41) is 5.03. The monoisotopic (exact) mass is 634 g/mol. The topological polar surface area (TPSA) is 9.86 Å². The van der Waals surface area contributed by atoms with Crippen LogP contribution >= 0.6 is 12.6 Å². The Morgan fingerprint density at radius 3 is 1.50 bits per heavy atom. The zero-order chi connectivity index (χ0) is 32.4. The van der Waals surface area contributed by atoms with Crippen molar-refractivity contribution < 1.29 is 0 Å². The van der Waals surface area contributed by atoms with E-state index in [1.807, 2.05) is 0 Å². The van der Waals surface area contributed by atoms with Crippen LogP contribution in [0.4, 0.5) is 0 Å². The van der Waals surface area contributed by atoms with Gasteiger partial charge in [-0.3, -0.25) is 0 Å². The quantitative estimate of drug-likeness (QED) is 0.181. The van der Waals surface area contributed by atoms with E-state index in [0.29, 0.717) is 5.92 Å². The largest absolute Gasteiger partial charge is 0.309 e. The van der Waals surface area contributed by atoms with Crippen molar-refractivity contribution in [2.24, 2.45) is 0 Å². The fourth-order valence-electron chi connectivity index (χ4n) is 7.46. The van der Waals surface area contributed by atoms with Crippen molar-refractivity contribution in [2.75, 3.05) is 0 Å². The minimum absolute atomic E-state index is 0.412. The fraction of sp³-hybridized carbons (Fsp3) is 0.0667. The summed E-state index contributed by atoms with van der Waals surface area (Å²) in [4.78, 5) is 1.05. The first kappa shape index (κ1) is 28.7. The van der Waals surface area contributed by atoms with E-state index < -0.39 is 0 Å². The highest BCUT2D eigenvalue weighted by Gasteiger charge is 2.16. The standard InChI is InChI=1S/C45H34N2S/c1-29(2)38-26-33(21-24-45(38)48)30-11-10-14-35(25-30)47-42-18-9-7-16-37(42)40-28-32(20-23-44(40)47)31-19-22-43-39(27-31)36-15-6-8-17-41(36)46(43)34-12-4-3-5-13-34/h3-29,48H,1-2H3. The minimum atomic E-state index is 0.412. The number of hydrogen-bond acceptors (Lipinski definition) is 1. The van der Waals surface area contributed by atoms with Gasteiger partial charge in [0.05, 0.1) is 22.1 Å². The van der Waals surface area contributed by atoms with Crippen LogP contribution in [0.25, 0.3) is 77.2 Å². The summed E-state index contributed by atoms with van der Waals surface area (Å²) in [6.07, 6.45) is 0. The van der Waals surface area contributed by atoms with Gasteiger partial charge in [-0.1, -0.05) is 98.8 Å². The molecule has 2 aromatic heterocycles. The van der Waals surface area contributed by atoms with Gasteiger partial charge >= 0.3 is 0 Å². The van der Waals surface area contributed by atoms with E-state index in [2.05, 4.69) is 181 Å². The summed E-state index contributed by atoms with van der Waals surface area (Å²) in [6, 6.07) is 57.5. The van der Waals surface area contributed by atoms with Crippen molar-refractivity contribution in [3.63, 3.8) is 0 Å². The Labute approximate surface area is 285 Å². The van der Waals surface area contributed by atoms with Crippen molar-refractivity contribution >= 4 is 56.2 Å². The SMILES string of the molecule is CC(C)c1cc(-c2cccc(-n3c4ccccc4c4cc(-c5ccc6c(c5)c5ccccc5n6-c5ccccc5)ccc43)c2)ccc1S. The summed E-state index contributed by atoms with van der Waals surface area (Å²) >= 11 is 4.73. The van der Waals surface area contributed by atoms with E-state index in [1.165, 1.54) is 77.1 Å². The molecule has 0 amide bonds. The molecule has 0 unspecified atom stereocenters. The van der Waals surface area contributed by atoms with E-state index in [0.717, 1.165) is 10.6 Å². The lowest BCUT2D eigenvalue weighted by molar-refractivity contribution is 0.844. The van der Waals surface area contributed by atoms with Gasteiger partial charge < -0.3 is 9.13 Å². The van der Waals surface area contributed by atoms with Crippen LogP contribution in [0.5, 0.6) is 0 Å². The molecule has 0 radical (unpaired) electrons. The number of benzene rings is 7. The summed E-state index contributed by atoms with van der Waals surface area (Å²) in [6.45, 7) is 4.45. The number of aromatic nitrogens is 2. The highest BCUT2D eigenvalue weighted by atomic mass is 32.1. The molecule has 0 aliphatic heterocycles. The minimum Gasteiger partial charge on any atom is -0.309 e. The van der Waals surface area contributed by atoms with Gasteiger partial charge in [0.1, 0.15) is 0 Å². The highest BCUT2D eigenvalue weighted by Crippen LogP contribution is 2.39. The molecular formula is C45H34N2S. The van der Waals surface area contributed by atoms with Crippen LogP contribution in [0.1, 0.15) is 25.3 Å². The van der Waals surface area contributed by atoms with Crippen LogP contribution in [0.3, 0.4) is 0 Å². The third kappa shape index (κ3) is 4.57. The van der Waals surface area contributed by atoms with Gasteiger partial charge in [0, 0.05) is 37.8 Å². The lowest BCUT2D eigenvalue weighted by Gasteiger charge is -2.13. The highest BCUT2D eigenvalue weighted by molar-refractivity contribution is 7.80. The first-order chi connectivity index (χ1) is 23.5. The van der Waals surface area contributed by atoms with Crippen LogP contribution in [0.2, 0.25) is 0 Å². The molecule has 0 atom stereocenters. The number of hydrogen-bond donors (Lipinski definition) is 1. The second-order valence-electron chi connectivity index (χ2n) is 13.0. The number of nitrogens with zero attached hydrogens (tertiary/aromatic N) is 2. The van der Waals surface area contributed by atoms with Gasteiger partial charge in [-0.25, -0.2) is 0 Å². The number of rotatable bonds is 5. The van der Waals surface area contributed by atoms with Gasteiger partial charge in [0.2, 0.25) is 0 Å². The lowest BCUT2D eigenvalue weighted by Crippen LogP contribution is -1.95. The number of fused-ring (bicyclic) bond motifs is 6. The van der Waals surface area contributed by atoms with Crippen LogP contribution in [0.15, 0.2) is 163 Å². The van der Waals surface area contributed by atoms with Crippen LogP contribution < -0.4 is 0 Å². The Hall–Kier alpha value is -5.51. The molecule has 0 aliphatic rings. The maximum Gasteiger partial charge on any atom is 0.0541 e. The predicted molar refractivity (Wildman–Crippen MR) is 207 cm³/mol. The van der Waals surface area contributed by atoms with Gasteiger partial charge in [0.15, 0.2) is 0 Å². The number of thiol groups is 1. The second-order valence-corrected chi connectivity index (χ2v) is 13.5. The summed E-state index contributed by atoms with van der Waals surface area (Å²) in [5.41, 5.74) is 13.3. The first-order valence-corrected chi connectivity index (χ1v) is 17.1. The summed E-state index contributed by atoms with van der Waals surface area (Å²) in [5.74, 6) is 0.412. The molecular weight excluding hydrogens is 601 g/mol. The molecule has 3 heteroatoms. The molecule has 9 rings (SSSR count). The zero-order valence-electron chi connectivity index (χ0n) is 26.9. The normalized spacial score (nSPS) is 11.8. The molecule has 9 aromatic rings. The smallest absolute Gasteiger partial charge is 0.0541 e. The molecule has 2 nitrogen and oxygen atoms in total. The van der Waals surface area contributed by atoms with E-state index >= 15 is 0 Å². The Balaban J connectivity index is 1.20. The van der Waals surface area contributed by atoms with Crippen molar-refractivity contribution in [3.8, 4) is 33.6 Å². The average Bonchev–Trinajstić information content (AvgIpc) is 3.64. The van der Waals surface area contributed by atoms with Gasteiger partial charge in [0.25, 0.3) is 0 Å². The molecule has 7 aromatic carbocycles. The molecule has 230 valence electrons. The molecule has 0 saturated heterocycles. The third-order valence-electron chi connectivity index (χ3n) is 9.78. The summed E-state index contributed by atoms with van der Waals surface area (Å²) < 4.78 is 4.78. The molecule has 0 spiro atoms. The van der Waals surface area contributed by atoms with Gasteiger partial charge in [-0.05, 0) is 107 Å². The van der Waals surface area contributed by atoms with E-state index in [-0.39, 0.29) is 0 Å². The molecule has 0 fully saturated rings. The van der Waals surface area contributed by atoms with Crippen molar-refractivity contribution in [3.05, 3.63) is 163 Å². The molecule has 48 heavy (non-hydrogen) atoms. The predicted octanol–water partition coefficient (Wildman–Crippen LogP) is 12.6. The average molecular weight is 635 g/mol. The van der Waals surface area contributed by atoms with Crippen molar-refractivity contribution in [1.29, 1.82) is 0 Å². The van der Waals surface area contributed by atoms with E-state index in [1.54, 1.807) is 0 Å². The maximum atomic E-state index is 4.73. The van der Waals surface area contributed by atoms with Gasteiger partial charge in [-0.2, -0.15) is 0 Å². The molecule has 0 saturated carbocycles. The van der Waals surface area contributed by atoms with Crippen molar-refractivity contribution in [1.82, 2.24) is 9.13 Å². The Bertz CT molecular complexity index is 2660. The van der Waals surface area contributed by atoms with Crippen LogP contribution in [0, 0.1) is 0 Å². The van der Waals surface area contributed by atoms with Crippen molar-refractivity contribution in [2.45, 2.75) is 24.7 Å². The van der Waals surface area contributed by atoms with Crippen LogP contribution in [-0.4, -0.2) is 9.13 Å². The number of para-hydroxylation sites is 3. The van der Waals surface area contributed by atoms with E-state index in [9.17, 15) is 0 Å². The third-order valence-corrected chi connectivity index (χ3v) is 10.2. The van der Waals surface area contributed by atoms with E-state index in [4.69, 9.17) is 12.6 Å². The molecule has 2 heterocycles. The molecule has 0 aliphatic carbocycles. The molecule has 0 N–H and O–H groups in total. The fourth-order valence-corrected chi connectivity index (χ4v) is 7.86. The Morgan fingerprint density at radius 1 is 0.396 bits per heavy atom. The molecule has 0 bridgehead atoms. The summed E-state index contributed by atoms with van der Waals surface area (Å²) in [7, 11) is 0. The zero-order valence-corrected chi connectivity index (χ0v) is 27.8. The second kappa shape index (κ2) is 11.3. The maximum absolute atomic E-state index is 4.73. The first-order valence-electron chi connectivity index (χ1n) is 16.6. The van der Waals surface area contributed by atoms with Crippen LogP contribution in [-0.2, 0) is 0 Å². The Kier molecular flexibility index (Phi) is 6.77. The Morgan fingerprint density at radius 2 is 0.875 bits per heavy atom. The van der Waals surface area contributed by atoms with Gasteiger partial charge in [-0.15, -0.1) is 12.6 Å².